The van der Waals surface area contributed by atoms with Crippen molar-refractivity contribution in [2.24, 2.45) is 11.8 Å². The number of hydrogen-bond acceptors (Lipinski definition) is 6. The molecule has 4 rings (SSSR count). The summed E-state index contributed by atoms with van der Waals surface area (Å²) >= 11 is 0. The Morgan fingerprint density at radius 1 is 1.08 bits per heavy atom. The van der Waals surface area contributed by atoms with Crippen molar-refractivity contribution in [2.45, 2.75) is 89.4 Å². The molecule has 2 unspecified atom stereocenters. The van der Waals surface area contributed by atoms with E-state index in [1.54, 1.807) is 29.2 Å². The van der Waals surface area contributed by atoms with Gasteiger partial charge in [-0.1, -0.05) is 32.6 Å². The van der Waals surface area contributed by atoms with E-state index in [0.29, 0.717) is 38.2 Å². The van der Waals surface area contributed by atoms with Gasteiger partial charge in [0.2, 0.25) is 17.7 Å². The second-order valence-corrected chi connectivity index (χ2v) is 10.7. The van der Waals surface area contributed by atoms with E-state index in [4.69, 9.17) is 14.6 Å². The number of fused-ring (bicyclic) bond motifs is 1. The first-order valence-electron chi connectivity index (χ1n) is 14.4. The molecule has 0 radical (unpaired) electrons. The second-order valence-electron chi connectivity index (χ2n) is 10.7. The highest BCUT2D eigenvalue weighted by Crippen LogP contribution is 2.58. The van der Waals surface area contributed by atoms with Crippen molar-refractivity contribution in [2.75, 3.05) is 31.6 Å². The number of benzene rings is 1. The van der Waals surface area contributed by atoms with Crippen LogP contribution in [0.1, 0.15) is 71.6 Å². The largest absolute Gasteiger partial charge is 0.494 e. The van der Waals surface area contributed by atoms with Crippen molar-refractivity contribution in [3.63, 3.8) is 0 Å². The Bertz CT molecular complexity index is 970. The molecule has 1 aromatic rings. The zero-order valence-corrected chi connectivity index (χ0v) is 22.7. The number of unbranched alkanes of at least 4 members (excludes halogenated alkanes) is 5. The lowest BCUT2D eigenvalue weighted by Crippen LogP contribution is -2.55. The van der Waals surface area contributed by atoms with Crippen LogP contribution in [0.3, 0.4) is 0 Å². The normalized spacial score (nSPS) is 27.4. The van der Waals surface area contributed by atoms with Crippen molar-refractivity contribution in [1.29, 1.82) is 0 Å². The minimum atomic E-state index is -0.970. The number of hydrogen-bond donors (Lipinski definition) is 3. The van der Waals surface area contributed by atoms with Crippen molar-refractivity contribution in [1.82, 2.24) is 10.2 Å². The van der Waals surface area contributed by atoms with Crippen molar-refractivity contribution < 1.29 is 29.0 Å². The molecule has 1 spiro atoms. The van der Waals surface area contributed by atoms with Crippen LogP contribution < -0.4 is 15.4 Å². The number of carbonyl (C=O) groups is 3. The van der Waals surface area contributed by atoms with E-state index in [9.17, 15) is 14.4 Å². The first-order valence-corrected chi connectivity index (χ1v) is 14.4. The fourth-order valence-corrected chi connectivity index (χ4v) is 6.45. The molecule has 5 atom stereocenters. The molecular weight excluding hydrogens is 486 g/mol. The number of ether oxygens (including phenoxy) is 2. The summed E-state index contributed by atoms with van der Waals surface area (Å²) in [6, 6.07) is 6.45. The third kappa shape index (κ3) is 5.69. The maximum Gasteiger partial charge on any atom is 0.245 e. The van der Waals surface area contributed by atoms with Crippen LogP contribution in [0.4, 0.5) is 5.69 Å². The summed E-state index contributed by atoms with van der Waals surface area (Å²) in [4.78, 5) is 42.7. The smallest absolute Gasteiger partial charge is 0.245 e. The van der Waals surface area contributed by atoms with E-state index in [1.165, 1.54) is 0 Å². The van der Waals surface area contributed by atoms with Gasteiger partial charge in [-0.2, -0.15) is 0 Å². The number of amides is 3. The molecule has 0 aromatic heterocycles. The lowest BCUT2D eigenvalue weighted by Gasteiger charge is -2.33. The Morgan fingerprint density at radius 3 is 2.55 bits per heavy atom. The van der Waals surface area contributed by atoms with Crippen LogP contribution in [0, 0.1) is 11.8 Å². The van der Waals surface area contributed by atoms with E-state index < -0.39 is 23.5 Å². The van der Waals surface area contributed by atoms with E-state index >= 15 is 0 Å². The molecule has 2 bridgehead atoms. The van der Waals surface area contributed by atoms with E-state index in [0.717, 1.165) is 50.7 Å². The number of carbonyl (C=O) groups excluding carboxylic acids is 3. The van der Waals surface area contributed by atoms with Gasteiger partial charge in [0, 0.05) is 25.4 Å². The van der Waals surface area contributed by atoms with Gasteiger partial charge in [0.25, 0.3) is 0 Å². The quantitative estimate of drug-likeness (QED) is 0.300. The summed E-state index contributed by atoms with van der Waals surface area (Å²) in [5.74, 6) is -1.17. The average molecular weight is 530 g/mol. The number of aliphatic hydroxyl groups excluding tert-OH is 1. The van der Waals surface area contributed by atoms with Gasteiger partial charge in [-0.05, 0) is 63.3 Å². The fraction of sp³-hybridized carbons (Fsp3) is 0.690. The number of nitrogens with one attached hydrogen (secondary N) is 2. The van der Waals surface area contributed by atoms with E-state index in [1.807, 2.05) is 6.92 Å². The molecule has 3 heterocycles. The first-order chi connectivity index (χ1) is 18.5. The van der Waals surface area contributed by atoms with Crippen LogP contribution in [0.25, 0.3) is 0 Å². The molecule has 3 fully saturated rings. The molecular formula is C29H43N3O6. The van der Waals surface area contributed by atoms with Crippen LogP contribution in [0.15, 0.2) is 24.3 Å². The Hall–Kier alpha value is -2.65. The molecule has 3 saturated heterocycles. The van der Waals surface area contributed by atoms with Gasteiger partial charge in [-0.3, -0.25) is 14.4 Å². The summed E-state index contributed by atoms with van der Waals surface area (Å²) in [6.07, 6.45) is 7.01. The predicted molar refractivity (Wildman–Crippen MR) is 144 cm³/mol. The highest BCUT2D eigenvalue weighted by molar-refractivity contribution is 6.02. The minimum Gasteiger partial charge on any atom is -0.494 e. The minimum absolute atomic E-state index is 0.150. The Balaban J connectivity index is 1.52. The number of aliphatic hydroxyl groups is 1. The predicted octanol–water partition coefficient (Wildman–Crippen LogP) is 3.26. The molecule has 9 heteroatoms. The maximum atomic E-state index is 13.9. The highest BCUT2D eigenvalue weighted by atomic mass is 16.5. The lowest BCUT2D eigenvalue weighted by molar-refractivity contribution is -0.141. The van der Waals surface area contributed by atoms with Crippen LogP contribution in [0.5, 0.6) is 5.75 Å². The summed E-state index contributed by atoms with van der Waals surface area (Å²) < 4.78 is 12.0. The molecule has 210 valence electrons. The zero-order valence-electron chi connectivity index (χ0n) is 22.7. The van der Waals surface area contributed by atoms with Gasteiger partial charge in [0.15, 0.2) is 0 Å². The number of rotatable bonds is 15. The Morgan fingerprint density at radius 2 is 1.84 bits per heavy atom. The molecule has 38 heavy (non-hydrogen) atoms. The van der Waals surface area contributed by atoms with Crippen LogP contribution in [-0.2, 0) is 19.1 Å². The lowest BCUT2D eigenvalue weighted by atomic mass is 9.70. The number of likely N-dealkylation sites (tertiary alicyclic amines) is 1. The topological polar surface area (TPSA) is 117 Å². The fourth-order valence-electron chi connectivity index (χ4n) is 6.45. The SMILES string of the molecule is CCCCCNC(=O)C1N(CCCCCCO)C(=O)[C@@H]2[C@@H](C(=O)Nc3ccc(OCC)cc3)[C@H]3CCC12O3. The molecule has 9 nitrogen and oxygen atoms in total. The molecule has 0 saturated carbocycles. The van der Waals surface area contributed by atoms with Crippen molar-refractivity contribution in [3.05, 3.63) is 24.3 Å². The summed E-state index contributed by atoms with van der Waals surface area (Å²) in [6.45, 7) is 5.74. The van der Waals surface area contributed by atoms with Crippen molar-refractivity contribution >= 4 is 23.4 Å². The number of nitrogens with zero attached hydrogens (tertiary/aromatic N) is 1. The summed E-state index contributed by atoms with van der Waals surface area (Å²) in [5.41, 5.74) is -0.339. The van der Waals surface area contributed by atoms with E-state index in [-0.39, 0.29) is 30.4 Å². The number of anilines is 1. The van der Waals surface area contributed by atoms with Crippen LogP contribution >= 0.6 is 0 Å². The van der Waals surface area contributed by atoms with Gasteiger partial charge >= 0.3 is 0 Å². The van der Waals surface area contributed by atoms with Crippen molar-refractivity contribution in [3.8, 4) is 5.75 Å². The van der Waals surface area contributed by atoms with Gasteiger partial charge < -0.3 is 30.1 Å². The second kappa shape index (κ2) is 12.9. The molecule has 1 aromatic carbocycles. The Kier molecular flexibility index (Phi) is 9.65. The average Bonchev–Trinajstić information content (AvgIpc) is 3.55. The molecule has 3 aliphatic heterocycles. The van der Waals surface area contributed by atoms with Gasteiger partial charge in [0.1, 0.15) is 17.4 Å². The molecule has 3 aliphatic rings. The van der Waals surface area contributed by atoms with Gasteiger partial charge in [-0.25, -0.2) is 0 Å². The summed E-state index contributed by atoms with van der Waals surface area (Å²) in [7, 11) is 0. The van der Waals surface area contributed by atoms with Gasteiger partial charge in [0.05, 0.1) is 24.5 Å². The maximum absolute atomic E-state index is 13.9. The third-order valence-electron chi connectivity index (χ3n) is 8.17. The first kappa shape index (κ1) is 28.4. The Labute approximate surface area is 225 Å². The summed E-state index contributed by atoms with van der Waals surface area (Å²) in [5, 5.41) is 15.1. The van der Waals surface area contributed by atoms with E-state index in [2.05, 4.69) is 17.6 Å². The van der Waals surface area contributed by atoms with Gasteiger partial charge in [-0.15, -0.1) is 0 Å². The van der Waals surface area contributed by atoms with Crippen LogP contribution in [0.2, 0.25) is 0 Å². The highest BCUT2D eigenvalue weighted by Gasteiger charge is 2.74. The molecule has 0 aliphatic carbocycles. The zero-order chi connectivity index (χ0) is 27.1. The molecule has 3 N–H and O–H groups in total. The third-order valence-corrected chi connectivity index (χ3v) is 8.17. The monoisotopic (exact) mass is 529 g/mol. The molecule has 3 amide bonds. The van der Waals surface area contributed by atoms with Crippen LogP contribution in [-0.4, -0.2) is 71.8 Å². The standard InChI is InChI=1S/C29H43N3O6/c1-3-5-8-17-30-27(35)25-29-16-15-22(38-29)23(24(29)28(36)32(25)18-9-6-7-10-19-33)26(34)31-20-11-13-21(14-12-20)37-4-2/h11-14,22-25,33H,3-10,15-19H2,1-2H3,(H,30,35)(H,31,34)/t22-,23+,24+,25?,29?/m1/s1.